The third-order valence-corrected chi connectivity index (χ3v) is 6.02. The molecule has 0 aliphatic heterocycles. The van der Waals surface area contributed by atoms with Gasteiger partial charge in [-0.15, -0.1) is 0 Å². The number of anilines is 2. The van der Waals surface area contributed by atoms with Crippen LogP contribution in [0.3, 0.4) is 0 Å². The number of aryl methyl sites for hydroxylation is 1. The van der Waals surface area contributed by atoms with Gasteiger partial charge in [0.05, 0.1) is 18.4 Å². The van der Waals surface area contributed by atoms with Crippen molar-refractivity contribution >= 4 is 40.9 Å². The second-order valence-corrected chi connectivity index (χ2v) is 8.83. The lowest BCUT2D eigenvalue weighted by molar-refractivity contribution is -0.118. The van der Waals surface area contributed by atoms with Crippen molar-refractivity contribution in [3.8, 4) is 5.75 Å². The molecule has 3 N–H and O–H groups in total. The summed E-state index contributed by atoms with van der Waals surface area (Å²) in [6.45, 7) is 1.85. The molecule has 0 spiro atoms. The van der Waals surface area contributed by atoms with E-state index in [2.05, 4.69) is 16.0 Å². The van der Waals surface area contributed by atoms with E-state index in [1.807, 2.05) is 25.3 Å². The molecule has 0 saturated heterocycles. The number of carbonyl (C=O) groups is 3. The standard InChI is InChI=1S/C27H29N3O4S/c1-18-9-4-5-12-21(18)25(31)30-24(15-16-35-3)27(33)29-23-14-7-6-13-22(23)26(32)28-19-10-8-11-20(17-19)34-2/h4-14,17,24H,15-16H2,1-3H3,(H,28,32)(H,29,33)(H,30,31). The van der Waals surface area contributed by atoms with Crippen molar-refractivity contribution in [1.82, 2.24) is 5.32 Å². The summed E-state index contributed by atoms with van der Waals surface area (Å²) in [6, 6.07) is 20.2. The molecular formula is C27H29N3O4S. The molecule has 1 atom stereocenters. The molecule has 1 unspecified atom stereocenters. The van der Waals surface area contributed by atoms with Crippen molar-refractivity contribution in [1.29, 1.82) is 0 Å². The van der Waals surface area contributed by atoms with Crippen LogP contribution in [0.25, 0.3) is 0 Å². The van der Waals surface area contributed by atoms with Crippen LogP contribution in [-0.2, 0) is 4.79 Å². The summed E-state index contributed by atoms with van der Waals surface area (Å²) < 4.78 is 5.20. The van der Waals surface area contributed by atoms with Crippen molar-refractivity contribution < 1.29 is 19.1 Å². The number of rotatable bonds is 10. The maximum absolute atomic E-state index is 13.2. The first-order chi connectivity index (χ1) is 16.9. The fourth-order valence-corrected chi connectivity index (χ4v) is 3.95. The van der Waals surface area contributed by atoms with E-state index in [1.165, 1.54) is 0 Å². The summed E-state index contributed by atoms with van der Waals surface area (Å²) in [6.07, 6.45) is 2.39. The summed E-state index contributed by atoms with van der Waals surface area (Å²) >= 11 is 1.59. The van der Waals surface area contributed by atoms with Gasteiger partial charge in [0.15, 0.2) is 0 Å². The number of hydrogen-bond donors (Lipinski definition) is 3. The lowest BCUT2D eigenvalue weighted by Crippen LogP contribution is -2.44. The number of thioether (sulfide) groups is 1. The van der Waals surface area contributed by atoms with E-state index < -0.39 is 6.04 Å². The first kappa shape index (κ1) is 25.8. The van der Waals surface area contributed by atoms with Crippen molar-refractivity contribution in [3.05, 3.63) is 89.5 Å². The highest BCUT2D eigenvalue weighted by atomic mass is 32.2. The molecule has 182 valence electrons. The topological polar surface area (TPSA) is 96.5 Å². The summed E-state index contributed by atoms with van der Waals surface area (Å²) in [5, 5.41) is 8.51. The van der Waals surface area contributed by atoms with Crippen molar-refractivity contribution in [2.24, 2.45) is 0 Å². The normalized spacial score (nSPS) is 11.3. The SMILES string of the molecule is COc1cccc(NC(=O)c2ccccc2NC(=O)C(CCSC)NC(=O)c2ccccc2C)c1. The number of amides is 3. The minimum atomic E-state index is -0.760. The summed E-state index contributed by atoms with van der Waals surface area (Å²) in [5.74, 6) is 0.226. The van der Waals surface area contributed by atoms with Crippen molar-refractivity contribution in [2.45, 2.75) is 19.4 Å². The van der Waals surface area contributed by atoms with Gasteiger partial charge in [-0.1, -0.05) is 36.4 Å². The number of benzene rings is 3. The Balaban J connectivity index is 1.76. The Kier molecular flexibility index (Phi) is 9.31. The van der Waals surface area contributed by atoms with Crippen LogP contribution in [-0.4, -0.2) is 42.9 Å². The molecule has 3 rings (SSSR count). The fourth-order valence-electron chi connectivity index (χ4n) is 3.48. The molecule has 35 heavy (non-hydrogen) atoms. The fraction of sp³-hybridized carbons (Fsp3) is 0.222. The van der Waals surface area contributed by atoms with Gasteiger partial charge in [-0.3, -0.25) is 14.4 Å². The number of hydrogen-bond acceptors (Lipinski definition) is 5. The Bertz CT molecular complexity index is 1200. The van der Waals surface area contributed by atoms with E-state index in [-0.39, 0.29) is 17.7 Å². The lowest BCUT2D eigenvalue weighted by Gasteiger charge is -2.20. The van der Waals surface area contributed by atoms with Crippen molar-refractivity contribution in [2.75, 3.05) is 29.8 Å². The molecule has 0 aliphatic rings. The number of ether oxygens (including phenoxy) is 1. The van der Waals surface area contributed by atoms with Gasteiger partial charge in [-0.2, -0.15) is 11.8 Å². The van der Waals surface area contributed by atoms with Crippen LogP contribution in [0.15, 0.2) is 72.8 Å². The highest BCUT2D eigenvalue weighted by Gasteiger charge is 2.23. The Labute approximate surface area is 209 Å². The monoisotopic (exact) mass is 491 g/mol. The van der Waals surface area contributed by atoms with Gasteiger partial charge in [-0.25, -0.2) is 0 Å². The van der Waals surface area contributed by atoms with Crippen LogP contribution in [0, 0.1) is 6.92 Å². The second kappa shape index (κ2) is 12.6. The van der Waals surface area contributed by atoms with Gasteiger partial charge in [0, 0.05) is 17.3 Å². The molecule has 0 aliphatic carbocycles. The van der Waals surface area contributed by atoms with Crippen LogP contribution in [0.1, 0.15) is 32.7 Å². The van der Waals surface area contributed by atoms with Crippen molar-refractivity contribution in [3.63, 3.8) is 0 Å². The predicted octanol–water partition coefficient (Wildman–Crippen LogP) is 4.75. The third kappa shape index (κ3) is 7.10. The maximum Gasteiger partial charge on any atom is 0.257 e. The highest BCUT2D eigenvalue weighted by molar-refractivity contribution is 7.98. The molecule has 8 heteroatoms. The molecule has 3 amide bonds. The zero-order chi connectivity index (χ0) is 25.2. The van der Waals surface area contributed by atoms with Gasteiger partial charge in [0.25, 0.3) is 11.8 Å². The number of para-hydroxylation sites is 1. The molecule has 7 nitrogen and oxygen atoms in total. The summed E-state index contributed by atoms with van der Waals surface area (Å²) in [5.41, 5.74) is 2.58. The minimum absolute atomic E-state index is 0.303. The molecule has 3 aromatic rings. The first-order valence-electron chi connectivity index (χ1n) is 11.1. The predicted molar refractivity (Wildman–Crippen MR) is 141 cm³/mol. The zero-order valence-corrected chi connectivity index (χ0v) is 20.8. The number of methoxy groups -OCH3 is 1. The Morgan fingerprint density at radius 1 is 0.886 bits per heavy atom. The average Bonchev–Trinajstić information content (AvgIpc) is 2.87. The maximum atomic E-state index is 13.2. The van der Waals surface area contributed by atoms with Gasteiger partial charge >= 0.3 is 0 Å². The van der Waals surface area contributed by atoms with Gasteiger partial charge < -0.3 is 20.7 Å². The van der Waals surface area contributed by atoms with Crippen LogP contribution in [0.5, 0.6) is 5.75 Å². The largest absolute Gasteiger partial charge is 0.497 e. The Hall–Kier alpha value is -3.78. The lowest BCUT2D eigenvalue weighted by atomic mass is 10.1. The smallest absolute Gasteiger partial charge is 0.257 e. The van der Waals surface area contributed by atoms with Crippen LogP contribution < -0.4 is 20.7 Å². The van der Waals surface area contributed by atoms with Crippen LogP contribution >= 0.6 is 11.8 Å². The molecule has 0 bridgehead atoms. The van der Waals surface area contributed by atoms with E-state index in [4.69, 9.17) is 4.74 Å². The molecule has 0 radical (unpaired) electrons. The highest BCUT2D eigenvalue weighted by Crippen LogP contribution is 2.21. The van der Waals surface area contributed by atoms with E-state index in [0.717, 1.165) is 5.56 Å². The zero-order valence-electron chi connectivity index (χ0n) is 20.0. The summed E-state index contributed by atoms with van der Waals surface area (Å²) in [4.78, 5) is 39.0. The second-order valence-electron chi connectivity index (χ2n) is 7.84. The molecule has 0 heterocycles. The van der Waals surface area contributed by atoms with E-state index >= 15 is 0 Å². The minimum Gasteiger partial charge on any atom is -0.497 e. The summed E-state index contributed by atoms with van der Waals surface area (Å²) in [7, 11) is 1.55. The quantitative estimate of drug-likeness (QED) is 0.380. The van der Waals surface area contributed by atoms with Crippen LogP contribution in [0.2, 0.25) is 0 Å². The van der Waals surface area contributed by atoms with Gasteiger partial charge in [0.2, 0.25) is 5.91 Å². The molecule has 0 aromatic heterocycles. The van der Waals surface area contributed by atoms with Crippen LogP contribution in [0.4, 0.5) is 11.4 Å². The Morgan fingerprint density at radius 3 is 2.31 bits per heavy atom. The third-order valence-electron chi connectivity index (χ3n) is 5.38. The first-order valence-corrected chi connectivity index (χ1v) is 12.5. The average molecular weight is 492 g/mol. The van der Waals surface area contributed by atoms with E-state index in [0.29, 0.717) is 40.4 Å². The van der Waals surface area contributed by atoms with Gasteiger partial charge in [-0.05, 0) is 61.2 Å². The Morgan fingerprint density at radius 2 is 1.60 bits per heavy atom. The van der Waals surface area contributed by atoms with E-state index in [1.54, 1.807) is 79.5 Å². The number of carbonyl (C=O) groups excluding carboxylic acids is 3. The molecule has 3 aromatic carbocycles. The molecular weight excluding hydrogens is 462 g/mol. The molecule has 0 fully saturated rings. The molecule has 0 saturated carbocycles. The van der Waals surface area contributed by atoms with E-state index in [9.17, 15) is 14.4 Å². The number of nitrogens with one attached hydrogen (secondary N) is 3. The van der Waals surface area contributed by atoms with Gasteiger partial charge in [0.1, 0.15) is 11.8 Å².